The molecule has 0 aliphatic carbocycles. The second kappa shape index (κ2) is 10.9. The normalized spacial score (nSPS) is 16.8. The lowest BCUT2D eigenvalue weighted by Gasteiger charge is -2.27. The number of ether oxygens (including phenoxy) is 3. The highest BCUT2D eigenvalue weighted by Crippen LogP contribution is 2.44. The van der Waals surface area contributed by atoms with E-state index >= 15 is 0 Å². The largest absolute Gasteiger partial charge is 0.507 e. The summed E-state index contributed by atoms with van der Waals surface area (Å²) in [5, 5.41) is 11.3. The van der Waals surface area contributed by atoms with Crippen molar-refractivity contribution in [3.63, 3.8) is 0 Å². The molecule has 1 atom stereocenters. The lowest BCUT2D eigenvalue weighted by Crippen LogP contribution is -2.29. The quantitative estimate of drug-likeness (QED) is 0.269. The number of aliphatic hydroxyl groups excluding tert-OH is 1. The van der Waals surface area contributed by atoms with Crippen LogP contribution in [-0.2, 0) is 16.1 Å². The van der Waals surface area contributed by atoms with Crippen molar-refractivity contribution in [2.75, 3.05) is 20.8 Å². The molecule has 1 unspecified atom stereocenters. The van der Waals surface area contributed by atoms with Crippen LogP contribution >= 0.6 is 0 Å². The van der Waals surface area contributed by atoms with Crippen molar-refractivity contribution in [2.24, 2.45) is 0 Å². The van der Waals surface area contributed by atoms with Gasteiger partial charge in [-0.2, -0.15) is 0 Å². The molecule has 1 aliphatic heterocycles. The molecule has 0 saturated carbocycles. The molecule has 4 rings (SSSR count). The van der Waals surface area contributed by atoms with Gasteiger partial charge in [-0.3, -0.25) is 14.6 Å². The second-order valence-electron chi connectivity index (χ2n) is 8.27. The summed E-state index contributed by atoms with van der Waals surface area (Å²) in [6, 6.07) is 14.6. The van der Waals surface area contributed by atoms with Crippen molar-refractivity contribution in [2.45, 2.75) is 25.9 Å². The number of likely N-dealkylation sites (tertiary alicyclic amines) is 1. The smallest absolute Gasteiger partial charge is 0.295 e. The molecule has 1 saturated heterocycles. The summed E-state index contributed by atoms with van der Waals surface area (Å²) in [6.45, 7) is 2.70. The zero-order valence-corrected chi connectivity index (χ0v) is 20.4. The number of hydrogen-bond donors (Lipinski definition) is 1. The molecule has 3 aromatic rings. The van der Waals surface area contributed by atoms with E-state index in [1.54, 1.807) is 60.9 Å². The molecule has 1 amide bonds. The van der Waals surface area contributed by atoms with Crippen molar-refractivity contribution in [3.8, 4) is 17.2 Å². The molecule has 186 valence electrons. The highest BCUT2D eigenvalue weighted by atomic mass is 16.5. The number of Topliss-reactive ketones (excluding diaryl/α,β-unsaturated/α-hetero) is 1. The van der Waals surface area contributed by atoms with Crippen LogP contribution in [0.4, 0.5) is 0 Å². The van der Waals surface area contributed by atoms with Gasteiger partial charge in [0.05, 0.1) is 32.4 Å². The fourth-order valence-electron chi connectivity index (χ4n) is 4.19. The van der Waals surface area contributed by atoms with Gasteiger partial charge in [0.1, 0.15) is 23.0 Å². The third-order valence-electron chi connectivity index (χ3n) is 5.95. The summed E-state index contributed by atoms with van der Waals surface area (Å²) < 4.78 is 16.6. The number of benzene rings is 2. The molecule has 8 nitrogen and oxygen atoms in total. The molecule has 36 heavy (non-hydrogen) atoms. The standard InChI is InChI=1S/C28H28N2O6/c1-4-14-36-20-9-7-19(8-10-20)26(31)24-25(22-15-21(34-2)11-12-23(22)35-3)30(28(33)27(24)32)17-18-6-5-13-29-16-18/h5-13,15-16,25,31H,4,14,17H2,1-3H3/b26-24+. The van der Waals surface area contributed by atoms with Gasteiger partial charge in [-0.15, -0.1) is 0 Å². The Morgan fingerprint density at radius 2 is 1.78 bits per heavy atom. The van der Waals surface area contributed by atoms with Crippen LogP contribution in [0.5, 0.6) is 17.2 Å². The van der Waals surface area contributed by atoms with Crippen LogP contribution < -0.4 is 14.2 Å². The van der Waals surface area contributed by atoms with E-state index in [9.17, 15) is 14.7 Å². The van der Waals surface area contributed by atoms with Gasteiger partial charge in [0.2, 0.25) is 0 Å². The highest BCUT2D eigenvalue weighted by molar-refractivity contribution is 6.46. The predicted molar refractivity (Wildman–Crippen MR) is 134 cm³/mol. The maximum Gasteiger partial charge on any atom is 0.295 e. The summed E-state index contributed by atoms with van der Waals surface area (Å²) in [4.78, 5) is 32.2. The van der Waals surface area contributed by atoms with Gasteiger partial charge in [-0.25, -0.2) is 0 Å². The number of aromatic nitrogens is 1. The van der Waals surface area contributed by atoms with Crippen molar-refractivity contribution < 1.29 is 28.9 Å². The number of pyridine rings is 1. The van der Waals surface area contributed by atoms with E-state index in [0.29, 0.717) is 35.0 Å². The number of hydrogen-bond acceptors (Lipinski definition) is 7. The van der Waals surface area contributed by atoms with E-state index in [2.05, 4.69) is 4.98 Å². The summed E-state index contributed by atoms with van der Waals surface area (Å²) in [6.07, 6.45) is 4.13. The Hall–Kier alpha value is -4.33. The van der Waals surface area contributed by atoms with E-state index in [1.807, 2.05) is 13.0 Å². The van der Waals surface area contributed by atoms with Crippen molar-refractivity contribution in [1.82, 2.24) is 9.88 Å². The first kappa shape index (κ1) is 24.8. The summed E-state index contributed by atoms with van der Waals surface area (Å²) >= 11 is 0. The molecule has 1 aromatic heterocycles. The lowest BCUT2D eigenvalue weighted by atomic mass is 9.94. The predicted octanol–water partition coefficient (Wildman–Crippen LogP) is 4.51. The number of aliphatic hydroxyl groups is 1. The van der Waals surface area contributed by atoms with Gasteiger partial charge >= 0.3 is 0 Å². The number of ketones is 1. The van der Waals surface area contributed by atoms with Crippen LogP contribution in [0.3, 0.4) is 0 Å². The van der Waals surface area contributed by atoms with Crippen molar-refractivity contribution in [1.29, 1.82) is 0 Å². The van der Waals surface area contributed by atoms with Crippen LogP contribution in [0.1, 0.15) is 36.1 Å². The minimum Gasteiger partial charge on any atom is -0.507 e. The van der Waals surface area contributed by atoms with E-state index in [-0.39, 0.29) is 17.9 Å². The molecule has 2 heterocycles. The molecule has 0 radical (unpaired) electrons. The molecule has 1 N–H and O–H groups in total. The third-order valence-corrected chi connectivity index (χ3v) is 5.95. The first-order valence-electron chi connectivity index (χ1n) is 11.6. The zero-order valence-electron chi connectivity index (χ0n) is 20.4. The first-order valence-corrected chi connectivity index (χ1v) is 11.6. The molecule has 2 aromatic carbocycles. The third kappa shape index (κ3) is 4.88. The second-order valence-corrected chi connectivity index (χ2v) is 8.27. The molecule has 8 heteroatoms. The van der Waals surface area contributed by atoms with E-state index in [0.717, 1.165) is 12.0 Å². The maximum absolute atomic E-state index is 13.3. The number of carbonyl (C=O) groups excluding carboxylic acids is 2. The summed E-state index contributed by atoms with van der Waals surface area (Å²) in [7, 11) is 3.04. The minimum absolute atomic E-state index is 0.0299. The fraction of sp³-hybridized carbons (Fsp3) is 0.250. The molecule has 0 bridgehead atoms. The number of amides is 1. The van der Waals surface area contributed by atoms with Crippen LogP contribution in [0.25, 0.3) is 5.76 Å². The van der Waals surface area contributed by atoms with Crippen LogP contribution in [0.2, 0.25) is 0 Å². The summed E-state index contributed by atoms with van der Waals surface area (Å²) in [5.41, 5.74) is 1.62. The van der Waals surface area contributed by atoms with Gasteiger partial charge in [0.15, 0.2) is 0 Å². The Morgan fingerprint density at radius 1 is 1.03 bits per heavy atom. The lowest BCUT2D eigenvalue weighted by molar-refractivity contribution is -0.140. The van der Waals surface area contributed by atoms with Gasteiger partial charge in [0, 0.05) is 30.1 Å². The van der Waals surface area contributed by atoms with Gasteiger partial charge in [-0.1, -0.05) is 13.0 Å². The SMILES string of the molecule is CCCOc1ccc(/C(O)=C2\C(=O)C(=O)N(Cc3cccnc3)C2c2cc(OC)ccc2OC)cc1. The highest BCUT2D eigenvalue weighted by Gasteiger charge is 2.47. The first-order chi connectivity index (χ1) is 17.5. The van der Waals surface area contributed by atoms with Gasteiger partial charge < -0.3 is 24.2 Å². The van der Waals surface area contributed by atoms with E-state index < -0.39 is 17.7 Å². The Bertz CT molecular complexity index is 1270. The maximum atomic E-state index is 13.3. The van der Waals surface area contributed by atoms with Gasteiger partial charge in [-0.05, 0) is 60.5 Å². The molecule has 0 spiro atoms. The number of nitrogens with zero attached hydrogens (tertiary/aromatic N) is 2. The number of methoxy groups -OCH3 is 2. The van der Waals surface area contributed by atoms with Crippen LogP contribution in [0.15, 0.2) is 72.6 Å². The average molecular weight is 489 g/mol. The topological polar surface area (TPSA) is 98.2 Å². The molecular weight excluding hydrogens is 460 g/mol. The van der Waals surface area contributed by atoms with Crippen LogP contribution in [-0.4, -0.2) is 47.5 Å². The Kier molecular flexibility index (Phi) is 7.53. The number of rotatable bonds is 9. The van der Waals surface area contributed by atoms with Crippen molar-refractivity contribution >= 4 is 17.4 Å². The van der Waals surface area contributed by atoms with E-state index in [4.69, 9.17) is 14.2 Å². The minimum atomic E-state index is -0.911. The van der Waals surface area contributed by atoms with E-state index in [1.165, 1.54) is 19.1 Å². The monoisotopic (exact) mass is 488 g/mol. The number of carbonyl (C=O) groups is 2. The van der Waals surface area contributed by atoms with Crippen LogP contribution in [0, 0.1) is 0 Å². The molecule has 1 fully saturated rings. The Balaban J connectivity index is 1.86. The Morgan fingerprint density at radius 3 is 2.42 bits per heavy atom. The summed E-state index contributed by atoms with van der Waals surface area (Å²) in [5.74, 6) is -0.158. The fourth-order valence-corrected chi connectivity index (χ4v) is 4.19. The van der Waals surface area contributed by atoms with Gasteiger partial charge in [0.25, 0.3) is 11.7 Å². The van der Waals surface area contributed by atoms with Crippen molar-refractivity contribution in [3.05, 3.63) is 89.3 Å². The molecular formula is C28H28N2O6. The Labute approximate surface area is 209 Å². The zero-order chi connectivity index (χ0) is 25.7. The molecule has 1 aliphatic rings. The average Bonchev–Trinajstić information content (AvgIpc) is 3.16.